The quantitative estimate of drug-likeness (QED) is 0.152. The zero-order valence-electron chi connectivity index (χ0n) is 22.4. The van der Waals surface area contributed by atoms with Crippen LogP contribution in [0, 0.1) is 0 Å². The SMILES string of the molecule is CCOCCOCCOCCOCCOCCOCCOCCOCCO[C@@H]1C[C@@H](CC)N(C)C1. The minimum absolute atomic E-state index is 0.338. The highest BCUT2D eigenvalue weighted by Gasteiger charge is 2.28. The van der Waals surface area contributed by atoms with E-state index in [1.165, 1.54) is 6.42 Å². The molecule has 0 N–H and O–H groups in total. The first-order valence-corrected chi connectivity index (χ1v) is 13.2. The van der Waals surface area contributed by atoms with Crippen LogP contribution in [0.5, 0.6) is 0 Å². The van der Waals surface area contributed by atoms with Gasteiger partial charge in [0.1, 0.15) is 0 Å². The molecule has 0 aliphatic carbocycles. The van der Waals surface area contributed by atoms with Crippen LogP contribution in [-0.2, 0) is 42.6 Å². The van der Waals surface area contributed by atoms with Crippen LogP contribution in [0.4, 0.5) is 0 Å². The molecule has 210 valence electrons. The molecule has 1 aliphatic rings. The first-order chi connectivity index (χ1) is 17.3. The minimum atomic E-state index is 0.338. The van der Waals surface area contributed by atoms with Gasteiger partial charge in [-0.2, -0.15) is 0 Å². The Morgan fingerprint density at radius 3 is 1.17 bits per heavy atom. The molecule has 1 fully saturated rings. The number of likely N-dealkylation sites (tertiary alicyclic amines) is 1. The number of rotatable bonds is 27. The minimum Gasteiger partial charge on any atom is -0.379 e. The Morgan fingerprint density at radius 2 is 0.857 bits per heavy atom. The van der Waals surface area contributed by atoms with Crippen molar-refractivity contribution in [3.8, 4) is 0 Å². The van der Waals surface area contributed by atoms with E-state index in [-0.39, 0.29) is 0 Å². The average Bonchev–Trinajstić information content (AvgIpc) is 3.23. The summed E-state index contributed by atoms with van der Waals surface area (Å²) in [6, 6.07) is 0.653. The molecule has 0 aromatic heterocycles. The van der Waals surface area contributed by atoms with E-state index in [0.29, 0.717) is 118 Å². The highest BCUT2D eigenvalue weighted by atomic mass is 16.6. The molecule has 1 saturated heterocycles. The van der Waals surface area contributed by atoms with Gasteiger partial charge in [0.05, 0.1) is 112 Å². The van der Waals surface area contributed by atoms with Crippen molar-refractivity contribution >= 4 is 0 Å². The predicted octanol–water partition coefficient (Wildman–Crippen LogP) is 1.64. The Morgan fingerprint density at radius 1 is 0.514 bits per heavy atom. The smallest absolute Gasteiger partial charge is 0.0718 e. The molecule has 0 saturated carbocycles. The third-order valence-electron chi connectivity index (χ3n) is 5.51. The van der Waals surface area contributed by atoms with E-state index < -0.39 is 0 Å². The summed E-state index contributed by atoms with van der Waals surface area (Å²) >= 11 is 0. The molecular formula is C25H51NO9. The molecule has 1 heterocycles. The molecule has 0 aromatic rings. The molecule has 10 heteroatoms. The summed E-state index contributed by atoms with van der Waals surface area (Å²) in [7, 11) is 2.17. The summed E-state index contributed by atoms with van der Waals surface area (Å²) in [5, 5.41) is 0. The van der Waals surface area contributed by atoms with Crippen LogP contribution in [0.2, 0.25) is 0 Å². The van der Waals surface area contributed by atoms with Gasteiger partial charge >= 0.3 is 0 Å². The lowest BCUT2D eigenvalue weighted by Gasteiger charge is -2.15. The number of hydrogen-bond acceptors (Lipinski definition) is 10. The van der Waals surface area contributed by atoms with E-state index in [9.17, 15) is 0 Å². The van der Waals surface area contributed by atoms with Crippen molar-refractivity contribution in [1.29, 1.82) is 0 Å². The summed E-state index contributed by atoms with van der Waals surface area (Å²) in [4.78, 5) is 2.38. The Kier molecular flexibility index (Phi) is 23.5. The van der Waals surface area contributed by atoms with Crippen molar-refractivity contribution in [2.75, 3.05) is 126 Å². The van der Waals surface area contributed by atoms with Gasteiger partial charge in [-0.15, -0.1) is 0 Å². The molecule has 0 aromatic carbocycles. The van der Waals surface area contributed by atoms with Crippen LogP contribution in [0.3, 0.4) is 0 Å². The number of nitrogens with zero attached hydrogens (tertiary/aromatic N) is 1. The molecule has 0 radical (unpaired) electrons. The predicted molar refractivity (Wildman–Crippen MR) is 133 cm³/mol. The molecule has 0 bridgehead atoms. The third kappa shape index (κ3) is 20.4. The van der Waals surface area contributed by atoms with Crippen LogP contribution in [0.15, 0.2) is 0 Å². The first kappa shape index (κ1) is 32.6. The van der Waals surface area contributed by atoms with Crippen LogP contribution >= 0.6 is 0 Å². The van der Waals surface area contributed by atoms with Crippen LogP contribution < -0.4 is 0 Å². The van der Waals surface area contributed by atoms with Crippen LogP contribution in [0.1, 0.15) is 26.7 Å². The standard InChI is InChI=1S/C25H51NO9/c1-4-24-22-25(23-26(24)3)35-21-20-34-19-18-33-17-16-32-15-14-31-13-12-30-11-10-29-9-8-28-7-6-27-5-2/h24-25H,4-23H2,1-3H3/t24-,25-/m1/s1. The van der Waals surface area contributed by atoms with Crippen molar-refractivity contribution in [3.63, 3.8) is 0 Å². The van der Waals surface area contributed by atoms with Gasteiger partial charge in [0.2, 0.25) is 0 Å². The Balaban J connectivity index is 1.65. The third-order valence-corrected chi connectivity index (χ3v) is 5.51. The van der Waals surface area contributed by atoms with Crippen molar-refractivity contribution in [1.82, 2.24) is 4.90 Å². The molecule has 10 nitrogen and oxygen atoms in total. The molecule has 0 unspecified atom stereocenters. The second-order valence-electron chi connectivity index (χ2n) is 8.21. The maximum Gasteiger partial charge on any atom is 0.0718 e. The van der Waals surface area contributed by atoms with Crippen molar-refractivity contribution in [2.45, 2.75) is 38.8 Å². The summed E-state index contributed by atoms with van der Waals surface area (Å²) in [5.41, 5.74) is 0. The zero-order chi connectivity index (χ0) is 25.2. The molecule has 1 rings (SSSR count). The van der Waals surface area contributed by atoms with Crippen LogP contribution in [0.25, 0.3) is 0 Å². The average molecular weight is 510 g/mol. The summed E-state index contributed by atoms with van der Waals surface area (Å²) in [6.45, 7) is 15.0. The number of likely N-dealkylation sites (N-methyl/N-ethyl adjacent to an activating group) is 1. The fraction of sp³-hybridized carbons (Fsp3) is 1.00. The molecule has 0 spiro atoms. The monoisotopic (exact) mass is 509 g/mol. The molecule has 35 heavy (non-hydrogen) atoms. The van der Waals surface area contributed by atoms with E-state index >= 15 is 0 Å². The molecule has 2 atom stereocenters. The van der Waals surface area contributed by atoms with Crippen LogP contribution in [-0.4, -0.2) is 143 Å². The van der Waals surface area contributed by atoms with E-state index in [2.05, 4.69) is 18.9 Å². The largest absolute Gasteiger partial charge is 0.379 e. The Bertz CT molecular complexity index is 434. The molecule has 1 aliphatic heterocycles. The van der Waals surface area contributed by atoms with E-state index in [0.717, 1.165) is 19.6 Å². The van der Waals surface area contributed by atoms with Gasteiger partial charge in [0.25, 0.3) is 0 Å². The summed E-state index contributed by atoms with van der Waals surface area (Å²) in [6.07, 6.45) is 2.64. The lowest BCUT2D eigenvalue weighted by Crippen LogP contribution is -2.24. The van der Waals surface area contributed by atoms with Crippen molar-refractivity contribution in [3.05, 3.63) is 0 Å². The maximum absolute atomic E-state index is 5.90. The Hall–Kier alpha value is -0.400. The number of ether oxygens (including phenoxy) is 9. The number of hydrogen-bond donors (Lipinski definition) is 0. The highest BCUT2D eigenvalue weighted by Crippen LogP contribution is 2.20. The van der Waals surface area contributed by atoms with Gasteiger partial charge < -0.3 is 47.5 Å². The van der Waals surface area contributed by atoms with Crippen molar-refractivity contribution in [2.24, 2.45) is 0 Å². The van der Waals surface area contributed by atoms with Gasteiger partial charge in [-0.3, -0.25) is 0 Å². The van der Waals surface area contributed by atoms with E-state index in [4.69, 9.17) is 42.6 Å². The van der Waals surface area contributed by atoms with E-state index in [1.807, 2.05) is 6.92 Å². The fourth-order valence-electron chi connectivity index (χ4n) is 3.58. The highest BCUT2D eigenvalue weighted by molar-refractivity contribution is 4.82. The molecular weight excluding hydrogens is 458 g/mol. The second kappa shape index (κ2) is 25.3. The lowest BCUT2D eigenvalue weighted by atomic mass is 10.1. The normalized spacial score (nSPS) is 18.6. The fourth-order valence-corrected chi connectivity index (χ4v) is 3.58. The summed E-state index contributed by atoms with van der Waals surface area (Å²) in [5.74, 6) is 0. The van der Waals surface area contributed by atoms with Gasteiger partial charge in [-0.1, -0.05) is 6.92 Å². The lowest BCUT2D eigenvalue weighted by molar-refractivity contribution is -0.0279. The first-order valence-electron chi connectivity index (χ1n) is 13.2. The van der Waals surface area contributed by atoms with Gasteiger partial charge in [-0.05, 0) is 26.8 Å². The van der Waals surface area contributed by atoms with E-state index in [1.54, 1.807) is 0 Å². The second-order valence-corrected chi connectivity index (χ2v) is 8.21. The van der Waals surface area contributed by atoms with Crippen molar-refractivity contribution < 1.29 is 42.6 Å². The topological polar surface area (TPSA) is 86.3 Å². The zero-order valence-corrected chi connectivity index (χ0v) is 22.4. The Labute approximate surface area is 212 Å². The maximum atomic E-state index is 5.90. The molecule has 0 amide bonds. The van der Waals surface area contributed by atoms with Gasteiger partial charge in [0.15, 0.2) is 0 Å². The summed E-state index contributed by atoms with van der Waals surface area (Å²) < 4.78 is 49.3. The van der Waals surface area contributed by atoms with Gasteiger partial charge in [-0.25, -0.2) is 0 Å². The van der Waals surface area contributed by atoms with Gasteiger partial charge in [0, 0.05) is 19.2 Å².